The van der Waals surface area contributed by atoms with E-state index in [0.29, 0.717) is 37.1 Å². The van der Waals surface area contributed by atoms with Crippen LogP contribution in [0.25, 0.3) is 0 Å². The van der Waals surface area contributed by atoms with Crippen molar-refractivity contribution in [2.75, 3.05) is 13.2 Å². The molecule has 1 aliphatic heterocycles. The molecule has 0 radical (unpaired) electrons. The zero-order valence-corrected chi connectivity index (χ0v) is 15.4. The summed E-state index contributed by atoms with van der Waals surface area (Å²) in [6.07, 6.45) is 6.98. The van der Waals surface area contributed by atoms with Crippen LogP contribution in [0.5, 0.6) is 0 Å². The van der Waals surface area contributed by atoms with Crippen molar-refractivity contribution in [3.8, 4) is 0 Å². The first kappa shape index (κ1) is 19.0. The van der Waals surface area contributed by atoms with Gasteiger partial charge >= 0.3 is 0 Å². The summed E-state index contributed by atoms with van der Waals surface area (Å²) in [5, 5.41) is 19.4. The smallest absolute Gasteiger partial charge is 0.255 e. The Hall–Kier alpha value is -2.74. The van der Waals surface area contributed by atoms with Crippen LogP contribution in [-0.4, -0.2) is 50.9 Å². The lowest BCUT2D eigenvalue weighted by atomic mass is 9.94. The number of aryl methyl sites for hydroxylation is 1. The van der Waals surface area contributed by atoms with E-state index in [1.54, 1.807) is 30.7 Å². The van der Waals surface area contributed by atoms with E-state index in [-0.39, 0.29) is 30.4 Å². The van der Waals surface area contributed by atoms with Gasteiger partial charge in [0.15, 0.2) is 0 Å². The van der Waals surface area contributed by atoms with Gasteiger partial charge in [0, 0.05) is 25.5 Å². The molecule has 0 aliphatic carbocycles. The number of nitrogens with one attached hydrogen (secondary N) is 2. The highest BCUT2D eigenvalue weighted by atomic mass is 16.3. The topological polar surface area (TPSA) is 109 Å². The second-order valence-electron chi connectivity index (χ2n) is 6.80. The van der Waals surface area contributed by atoms with Gasteiger partial charge in [-0.05, 0) is 37.3 Å². The molecular weight excluding hydrogens is 346 g/mol. The number of hydrogen-bond acceptors (Lipinski definition) is 5. The molecule has 0 spiro atoms. The molecule has 2 amide bonds. The van der Waals surface area contributed by atoms with E-state index in [1.165, 1.54) is 0 Å². The third-order valence-electron chi connectivity index (χ3n) is 4.95. The zero-order chi connectivity index (χ0) is 19.2. The molecular formula is C19H25N5O3. The Morgan fingerprint density at radius 2 is 2.22 bits per heavy atom. The van der Waals surface area contributed by atoms with Gasteiger partial charge in [0.1, 0.15) is 0 Å². The number of amides is 2. The van der Waals surface area contributed by atoms with Crippen molar-refractivity contribution in [3.63, 3.8) is 0 Å². The number of carbonyl (C=O) groups excluding carboxylic acids is 2. The average molecular weight is 371 g/mol. The second-order valence-corrected chi connectivity index (χ2v) is 6.80. The molecule has 2 aromatic rings. The number of hydrogen-bond donors (Lipinski definition) is 3. The molecule has 8 nitrogen and oxygen atoms in total. The number of aromatic nitrogens is 3. The Morgan fingerprint density at radius 1 is 1.37 bits per heavy atom. The van der Waals surface area contributed by atoms with Crippen LogP contribution in [-0.2, 0) is 13.0 Å². The predicted molar refractivity (Wildman–Crippen MR) is 99.2 cm³/mol. The molecule has 3 N–H and O–H groups in total. The van der Waals surface area contributed by atoms with Crippen LogP contribution in [0.2, 0.25) is 0 Å². The minimum atomic E-state index is -0.258. The van der Waals surface area contributed by atoms with Crippen LogP contribution in [0.4, 0.5) is 0 Å². The molecule has 0 fully saturated rings. The van der Waals surface area contributed by atoms with Crippen molar-refractivity contribution in [2.45, 2.75) is 38.8 Å². The fourth-order valence-corrected chi connectivity index (χ4v) is 3.24. The number of aliphatic hydroxyl groups is 1. The summed E-state index contributed by atoms with van der Waals surface area (Å²) in [6, 6.07) is 3.20. The van der Waals surface area contributed by atoms with Gasteiger partial charge in [-0.15, -0.1) is 0 Å². The number of carbonyl (C=O) groups is 2. The fraction of sp³-hybridized carbons (Fsp3) is 0.474. The predicted octanol–water partition coefficient (Wildman–Crippen LogP) is 0.771. The number of rotatable bonds is 7. The van der Waals surface area contributed by atoms with Gasteiger partial charge in [-0.3, -0.25) is 19.3 Å². The SMILES string of the molecule is CC[C@@H](CO)NC(=O)c1cnn2c1C[C@H](CNC(=O)c1cccnc1)CC2. The minimum Gasteiger partial charge on any atom is -0.394 e. The number of fused-ring (bicyclic) bond motifs is 1. The van der Waals surface area contributed by atoms with E-state index < -0.39 is 0 Å². The third-order valence-corrected chi connectivity index (χ3v) is 4.95. The third kappa shape index (κ3) is 4.51. The Labute approximate surface area is 158 Å². The molecule has 2 aromatic heterocycles. The highest BCUT2D eigenvalue weighted by Crippen LogP contribution is 2.23. The highest BCUT2D eigenvalue weighted by Gasteiger charge is 2.26. The van der Waals surface area contributed by atoms with Crippen LogP contribution in [0.3, 0.4) is 0 Å². The lowest BCUT2D eigenvalue weighted by molar-refractivity contribution is 0.0909. The van der Waals surface area contributed by atoms with Gasteiger partial charge in [-0.1, -0.05) is 6.92 Å². The zero-order valence-electron chi connectivity index (χ0n) is 15.4. The van der Waals surface area contributed by atoms with Gasteiger partial charge in [0.05, 0.1) is 35.7 Å². The van der Waals surface area contributed by atoms with E-state index in [0.717, 1.165) is 12.1 Å². The van der Waals surface area contributed by atoms with Gasteiger partial charge < -0.3 is 15.7 Å². The Bertz CT molecular complexity index is 786. The molecule has 3 heterocycles. The first-order valence-corrected chi connectivity index (χ1v) is 9.27. The maximum atomic E-state index is 12.5. The van der Waals surface area contributed by atoms with Gasteiger partial charge in [-0.25, -0.2) is 0 Å². The van der Waals surface area contributed by atoms with Gasteiger partial charge in [0.25, 0.3) is 11.8 Å². The fourth-order valence-electron chi connectivity index (χ4n) is 3.24. The maximum absolute atomic E-state index is 12.5. The van der Waals surface area contributed by atoms with E-state index in [4.69, 9.17) is 0 Å². The lowest BCUT2D eigenvalue weighted by Gasteiger charge is -2.24. The summed E-state index contributed by atoms with van der Waals surface area (Å²) in [4.78, 5) is 28.7. The van der Waals surface area contributed by atoms with E-state index in [1.807, 2.05) is 11.6 Å². The summed E-state index contributed by atoms with van der Waals surface area (Å²) in [5.74, 6) is -0.118. The summed E-state index contributed by atoms with van der Waals surface area (Å²) in [6.45, 7) is 3.08. The van der Waals surface area contributed by atoms with Crippen molar-refractivity contribution >= 4 is 11.8 Å². The van der Waals surface area contributed by atoms with Crippen molar-refractivity contribution in [1.29, 1.82) is 0 Å². The van der Waals surface area contributed by atoms with Crippen molar-refractivity contribution in [1.82, 2.24) is 25.4 Å². The van der Waals surface area contributed by atoms with Gasteiger partial charge in [-0.2, -0.15) is 5.10 Å². The first-order chi connectivity index (χ1) is 13.1. The molecule has 144 valence electrons. The van der Waals surface area contributed by atoms with E-state index in [9.17, 15) is 14.7 Å². The normalized spacial score (nSPS) is 17.0. The van der Waals surface area contributed by atoms with Crippen molar-refractivity contribution in [3.05, 3.63) is 47.5 Å². The molecule has 8 heteroatoms. The molecule has 0 aromatic carbocycles. The number of pyridine rings is 1. The van der Waals surface area contributed by atoms with Crippen molar-refractivity contribution < 1.29 is 14.7 Å². The lowest BCUT2D eigenvalue weighted by Crippen LogP contribution is -2.38. The average Bonchev–Trinajstić information content (AvgIpc) is 3.14. The summed E-state index contributed by atoms with van der Waals surface area (Å²) < 4.78 is 1.86. The molecule has 1 aliphatic rings. The number of nitrogens with zero attached hydrogens (tertiary/aromatic N) is 3. The monoisotopic (exact) mass is 371 g/mol. The minimum absolute atomic E-state index is 0.0886. The van der Waals surface area contributed by atoms with Crippen LogP contribution in [0, 0.1) is 5.92 Å². The summed E-state index contributed by atoms with van der Waals surface area (Å²) in [7, 11) is 0. The quantitative estimate of drug-likeness (QED) is 0.666. The van der Waals surface area contributed by atoms with Crippen LogP contribution >= 0.6 is 0 Å². The maximum Gasteiger partial charge on any atom is 0.255 e. The first-order valence-electron chi connectivity index (χ1n) is 9.27. The second kappa shape index (κ2) is 8.77. The van der Waals surface area contributed by atoms with Crippen LogP contribution < -0.4 is 10.6 Å². The van der Waals surface area contributed by atoms with Crippen LogP contribution in [0.1, 0.15) is 46.2 Å². The Balaban J connectivity index is 1.61. The summed E-state index contributed by atoms with van der Waals surface area (Å²) in [5.41, 5.74) is 1.96. The molecule has 0 bridgehead atoms. The molecule has 3 rings (SSSR count). The molecule has 2 atom stereocenters. The molecule has 0 saturated heterocycles. The molecule has 0 unspecified atom stereocenters. The standard InChI is InChI=1S/C19H25N5O3/c1-2-15(12-25)23-19(27)16-11-22-24-7-5-13(8-17(16)24)9-21-18(26)14-4-3-6-20-10-14/h3-4,6,10-11,13,15,25H,2,5,7-9,12H2,1H3,(H,21,26)(H,23,27)/t13-,15+/m1/s1. The Kier molecular flexibility index (Phi) is 6.18. The highest BCUT2D eigenvalue weighted by molar-refractivity contribution is 5.95. The van der Waals surface area contributed by atoms with Crippen LogP contribution in [0.15, 0.2) is 30.7 Å². The summed E-state index contributed by atoms with van der Waals surface area (Å²) >= 11 is 0. The molecule has 27 heavy (non-hydrogen) atoms. The largest absolute Gasteiger partial charge is 0.394 e. The number of aliphatic hydroxyl groups excluding tert-OH is 1. The van der Waals surface area contributed by atoms with Gasteiger partial charge in [0.2, 0.25) is 0 Å². The Morgan fingerprint density at radius 3 is 2.93 bits per heavy atom. The van der Waals surface area contributed by atoms with Crippen molar-refractivity contribution in [2.24, 2.45) is 5.92 Å². The van der Waals surface area contributed by atoms with E-state index >= 15 is 0 Å². The molecule has 0 saturated carbocycles. The van der Waals surface area contributed by atoms with E-state index in [2.05, 4.69) is 20.7 Å².